The van der Waals surface area contributed by atoms with Crippen LogP contribution in [0.3, 0.4) is 0 Å². The Morgan fingerprint density at radius 3 is 2.69 bits per heavy atom. The Morgan fingerprint density at radius 2 is 2.31 bits per heavy atom. The van der Waals surface area contributed by atoms with Crippen LogP contribution in [0.1, 0.15) is 24.8 Å². The molecule has 1 aromatic heterocycles. The average Bonchev–Trinajstić information content (AvgIpc) is 2.24. The Labute approximate surface area is 94.3 Å². The van der Waals surface area contributed by atoms with Gasteiger partial charge in [-0.1, -0.05) is 12.5 Å². The van der Waals surface area contributed by atoms with Crippen LogP contribution >= 0.6 is 0 Å². The zero-order valence-electron chi connectivity index (χ0n) is 9.27. The minimum Gasteiger partial charge on any atom is -0.481 e. The summed E-state index contributed by atoms with van der Waals surface area (Å²) < 4.78 is 4.96. The number of carbonyl (C=O) groups is 1. The second-order valence-corrected chi connectivity index (χ2v) is 4.32. The average molecular weight is 221 g/mol. The molecule has 0 saturated heterocycles. The summed E-state index contributed by atoms with van der Waals surface area (Å²) in [6, 6.07) is 3.65. The second kappa shape index (κ2) is 4.12. The molecule has 0 radical (unpaired) electrons. The van der Waals surface area contributed by atoms with E-state index in [0.717, 1.165) is 24.8 Å². The van der Waals surface area contributed by atoms with E-state index in [4.69, 9.17) is 4.74 Å². The van der Waals surface area contributed by atoms with Gasteiger partial charge in [-0.2, -0.15) is 0 Å². The summed E-state index contributed by atoms with van der Waals surface area (Å²) in [6.07, 6.45) is 4.82. The molecule has 1 N–H and O–H groups in total. The van der Waals surface area contributed by atoms with Crippen molar-refractivity contribution in [3.63, 3.8) is 0 Å². The standard InChI is InChI=1S/C12H15NO3/c1-16-10-4-3-9(8-13-10)7-12(11(14)15)5-2-6-12/h3-4,8H,2,5-7H2,1H3,(H,14,15). The van der Waals surface area contributed by atoms with E-state index in [2.05, 4.69) is 4.98 Å². The lowest BCUT2D eigenvalue weighted by molar-refractivity contribution is -0.154. The van der Waals surface area contributed by atoms with Crippen molar-refractivity contribution in [3.05, 3.63) is 23.9 Å². The third-order valence-electron chi connectivity index (χ3n) is 3.31. The highest BCUT2D eigenvalue weighted by molar-refractivity contribution is 5.76. The molecule has 1 heterocycles. The number of aliphatic carboxylic acids is 1. The van der Waals surface area contributed by atoms with E-state index in [1.165, 1.54) is 0 Å². The molecular formula is C12H15NO3. The smallest absolute Gasteiger partial charge is 0.309 e. The summed E-state index contributed by atoms with van der Waals surface area (Å²) in [6.45, 7) is 0. The van der Waals surface area contributed by atoms with Crippen molar-refractivity contribution in [3.8, 4) is 5.88 Å². The topological polar surface area (TPSA) is 59.4 Å². The van der Waals surface area contributed by atoms with Crippen LogP contribution in [0.15, 0.2) is 18.3 Å². The summed E-state index contributed by atoms with van der Waals surface area (Å²) in [7, 11) is 1.56. The summed E-state index contributed by atoms with van der Waals surface area (Å²) in [5.41, 5.74) is 0.416. The maximum absolute atomic E-state index is 11.2. The van der Waals surface area contributed by atoms with Gasteiger partial charge < -0.3 is 9.84 Å². The first kappa shape index (κ1) is 10.9. The van der Waals surface area contributed by atoms with E-state index in [0.29, 0.717) is 12.3 Å². The van der Waals surface area contributed by atoms with Crippen molar-refractivity contribution in [1.29, 1.82) is 0 Å². The molecule has 0 spiro atoms. The van der Waals surface area contributed by atoms with Crippen LogP contribution < -0.4 is 4.74 Å². The lowest BCUT2D eigenvalue weighted by atomic mass is 9.65. The molecule has 0 aromatic carbocycles. The number of carboxylic acids is 1. The molecule has 86 valence electrons. The number of hydrogen-bond acceptors (Lipinski definition) is 3. The molecule has 2 rings (SSSR count). The van der Waals surface area contributed by atoms with E-state index in [9.17, 15) is 9.90 Å². The third kappa shape index (κ3) is 1.87. The van der Waals surface area contributed by atoms with Crippen LogP contribution in [0.2, 0.25) is 0 Å². The Hall–Kier alpha value is -1.58. The Kier molecular flexibility index (Phi) is 2.81. The van der Waals surface area contributed by atoms with Crippen molar-refractivity contribution < 1.29 is 14.6 Å². The molecule has 1 aromatic rings. The number of carboxylic acid groups (broad SMARTS) is 1. The number of ether oxygens (including phenoxy) is 1. The van der Waals surface area contributed by atoms with Crippen LogP contribution in [0.5, 0.6) is 5.88 Å². The van der Waals surface area contributed by atoms with Gasteiger partial charge in [0.2, 0.25) is 5.88 Å². The molecule has 0 aliphatic heterocycles. The van der Waals surface area contributed by atoms with Crippen LogP contribution in [0.4, 0.5) is 0 Å². The maximum Gasteiger partial charge on any atom is 0.309 e. The van der Waals surface area contributed by atoms with Crippen molar-refractivity contribution in [1.82, 2.24) is 4.98 Å². The van der Waals surface area contributed by atoms with E-state index < -0.39 is 11.4 Å². The number of hydrogen-bond donors (Lipinski definition) is 1. The van der Waals surface area contributed by atoms with Gasteiger partial charge in [-0.3, -0.25) is 4.79 Å². The molecule has 1 aliphatic carbocycles. The summed E-state index contributed by atoms with van der Waals surface area (Å²) in [5, 5.41) is 9.20. The fourth-order valence-corrected chi connectivity index (χ4v) is 2.10. The third-order valence-corrected chi connectivity index (χ3v) is 3.31. The Balaban J connectivity index is 2.10. The molecule has 0 unspecified atom stereocenters. The number of rotatable bonds is 4. The van der Waals surface area contributed by atoms with E-state index in [1.54, 1.807) is 19.4 Å². The quantitative estimate of drug-likeness (QED) is 0.843. The normalized spacial score (nSPS) is 17.6. The maximum atomic E-state index is 11.2. The molecule has 0 bridgehead atoms. The molecule has 4 heteroatoms. The number of aromatic nitrogens is 1. The highest BCUT2D eigenvalue weighted by Crippen LogP contribution is 2.43. The molecule has 1 fully saturated rings. The minimum atomic E-state index is -0.686. The van der Waals surface area contributed by atoms with Gasteiger partial charge in [0, 0.05) is 12.3 Å². The zero-order valence-corrected chi connectivity index (χ0v) is 9.27. The predicted octanol–water partition coefficient (Wildman–Crippen LogP) is 1.89. The van der Waals surface area contributed by atoms with Gasteiger partial charge in [-0.25, -0.2) is 4.98 Å². The van der Waals surface area contributed by atoms with Crippen molar-refractivity contribution in [2.75, 3.05) is 7.11 Å². The van der Waals surface area contributed by atoms with Gasteiger partial charge in [0.25, 0.3) is 0 Å². The number of nitrogens with zero attached hydrogens (tertiary/aromatic N) is 1. The lowest BCUT2D eigenvalue weighted by Gasteiger charge is -2.37. The molecular weight excluding hydrogens is 206 g/mol. The fourth-order valence-electron chi connectivity index (χ4n) is 2.10. The number of pyridine rings is 1. The van der Waals surface area contributed by atoms with Crippen LogP contribution in [0.25, 0.3) is 0 Å². The molecule has 0 atom stereocenters. The largest absolute Gasteiger partial charge is 0.481 e. The minimum absolute atomic E-state index is 0.545. The van der Waals surface area contributed by atoms with Gasteiger partial charge in [0.05, 0.1) is 12.5 Å². The predicted molar refractivity (Wildman–Crippen MR) is 58.4 cm³/mol. The molecule has 4 nitrogen and oxygen atoms in total. The molecule has 1 saturated carbocycles. The molecule has 1 aliphatic rings. The van der Waals surface area contributed by atoms with Gasteiger partial charge in [0.15, 0.2) is 0 Å². The first-order valence-electron chi connectivity index (χ1n) is 5.39. The molecule has 16 heavy (non-hydrogen) atoms. The van der Waals surface area contributed by atoms with Crippen molar-refractivity contribution in [2.45, 2.75) is 25.7 Å². The van der Waals surface area contributed by atoms with E-state index in [1.807, 2.05) is 6.07 Å². The van der Waals surface area contributed by atoms with E-state index >= 15 is 0 Å². The van der Waals surface area contributed by atoms with Crippen LogP contribution in [-0.4, -0.2) is 23.2 Å². The summed E-state index contributed by atoms with van der Waals surface area (Å²) in [4.78, 5) is 15.3. The van der Waals surface area contributed by atoms with Gasteiger partial charge in [-0.15, -0.1) is 0 Å². The van der Waals surface area contributed by atoms with Crippen LogP contribution in [-0.2, 0) is 11.2 Å². The second-order valence-electron chi connectivity index (χ2n) is 4.32. The van der Waals surface area contributed by atoms with Crippen molar-refractivity contribution >= 4 is 5.97 Å². The summed E-state index contributed by atoms with van der Waals surface area (Å²) in [5.74, 6) is -0.128. The Morgan fingerprint density at radius 1 is 1.56 bits per heavy atom. The van der Waals surface area contributed by atoms with Crippen molar-refractivity contribution in [2.24, 2.45) is 5.41 Å². The fraction of sp³-hybridized carbons (Fsp3) is 0.500. The van der Waals surface area contributed by atoms with E-state index in [-0.39, 0.29) is 0 Å². The first-order valence-corrected chi connectivity index (χ1v) is 5.39. The van der Waals surface area contributed by atoms with Crippen LogP contribution in [0, 0.1) is 5.41 Å². The SMILES string of the molecule is COc1ccc(CC2(C(=O)O)CCC2)cn1. The lowest BCUT2D eigenvalue weighted by Crippen LogP contribution is -2.39. The summed E-state index contributed by atoms with van der Waals surface area (Å²) >= 11 is 0. The highest BCUT2D eigenvalue weighted by Gasteiger charge is 2.44. The number of methoxy groups -OCH3 is 1. The highest BCUT2D eigenvalue weighted by atomic mass is 16.5. The Bertz CT molecular complexity index is 382. The van der Waals surface area contributed by atoms with Gasteiger partial charge in [0.1, 0.15) is 0 Å². The van der Waals surface area contributed by atoms with Gasteiger partial charge in [-0.05, 0) is 24.8 Å². The van der Waals surface area contributed by atoms with Gasteiger partial charge >= 0.3 is 5.97 Å². The molecule has 0 amide bonds. The zero-order chi connectivity index (χ0) is 11.6. The monoisotopic (exact) mass is 221 g/mol. The first-order chi connectivity index (χ1) is 7.66.